The van der Waals surface area contributed by atoms with Gasteiger partial charge in [0.25, 0.3) is 5.91 Å². The van der Waals surface area contributed by atoms with E-state index in [9.17, 15) is 19.7 Å². The molecule has 0 aliphatic heterocycles. The summed E-state index contributed by atoms with van der Waals surface area (Å²) < 4.78 is 21.1. The number of benzene rings is 3. The number of amides is 1. The Hall–Kier alpha value is -4.93. The minimum Gasteiger partial charge on any atom is -0.497 e. The Labute approximate surface area is 206 Å². The fourth-order valence-electron chi connectivity index (χ4n) is 3.00. The molecule has 3 rings (SSSR count). The lowest BCUT2D eigenvalue weighted by Crippen LogP contribution is -2.24. The molecule has 186 valence electrons. The number of hydrazone groups is 1. The summed E-state index contributed by atoms with van der Waals surface area (Å²) >= 11 is 0. The van der Waals surface area contributed by atoms with E-state index in [1.165, 1.54) is 38.6 Å². The van der Waals surface area contributed by atoms with Crippen molar-refractivity contribution >= 4 is 23.8 Å². The van der Waals surface area contributed by atoms with E-state index in [4.69, 9.17) is 18.9 Å². The SMILES string of the molecule is COc1cccc(C(=O)Oc2ccc(/C=N/NC(=O)COc3ccc(C)cc3[N+](=O)[O-])cc2OC)c1. The second kappa shape index (κ2) is 12.0. The first kappa shape index (κ1) is 25.7. The molecule has 0 spiro atoms. The first-order valence-corrected chi connectivity index (χ1v) is 10.5. The molecule has 11 heteroatoms. The van der Waals surface area contributed by atoms with Crippen LogP contribution < -0.4 is 24.4 Å². The smallest absolute Gasteiger partial charge is 0.343 e. The van der Waals surface area contributed by atoms with E-state index >= 15 is 0 Å². The number of esters is 1. The van der Waals surface area contributed by atoms with Gasteiger partial charge in [0, 0.05) is 6.07 Å². The van der Waals surface area contributed by atoms with Crippen LogP contribution in [-0.4, -0.2) is 43.8 Å². The van der Waals surface area contributed by atoms with Crippen molar-refractivity contribution in [1.82, 2.24) is 5.43 Å². The number of hydrogen-bond acceptors (Lipinski definition) is 9. The standard InChI is InChI=1S/C25H23N3O8/c1-16-7-9-21(20(11-16)28(31)32)35-15-24(29)27-26-14-17-8-10-22(23(12-17)34-3)36-25(30)18-5-4-6-19(13-18)33-2/h4-14H,15H2,1-3H3,(H,27,29)/b26-14+. The molecule has 3 aromatic carbocycles. The molecule has 3 aromatic rings. The summed E-state index contributed by atoms with van der Waals surface area (Å²) in [4.78, 5) is 35.0. The molecular formula is C25H23N3O8. The predicted molar refractivity (Wildman–Crippen MR) is 130 cm³/mol. The maximum Gasteiger partial charge on any atom is 0.343 e. The molecule has 1 N–H and O–H groups in total. The Morgan fingerprint density at radius 1 is 1.00 bits per heavy atom. The van der Waals surface area contributed by atoms with Gasteiger partial charge in [-0.2, -0.15) is 5.10 Å². The largest absolute Gasteiger partial charge is 0.497 e. The van der Waals surface area contributed by atoms with Crippen LogP contribution in [-0.2, 0) is 4.79 Å². The quantitative estimate of drug-likeness (QED) is 0.148. The molecule has 0 fully saturated rings. The van der Waals surface area contributed by atoms with Gasteiger partial charge in [0.05, 0.1) is 30.9 Å². The molecule has 0 bridgehead atoms. The van der Waals surface area contributed by atoms with Crippen LogP contribution in [0.2, 0.25) is 0 Å². The highest BCUT2D eigenvalue weighted by Gasteiger charge is 2.16. The van der Waals surface area contributed by atoms with Crippen LogP contribution in [0.5, 0.6) is 23.0 Å². The highest BCUT2D eigenvalue weighted by Crippen LogP contribution is 2.29. The summed E-state index contributed by atoms with van der Waals surface area (Å²) in [6, 6.07) is 15.7. The van der Waals surface area contributed by atoms with Crippen LogP contribution >= 0.6 is 0 Å². The number of rotatable bonds is 10. The van der Waals surface area contributed by atoms with Crippen LogP contribution in [0.15, 0.2) is 65.8 Å². The van der Waals surface area contributed by atoms with E-state index in [0.717, 1.165) is 0 Å². The number of nitro benzene ring substituents is 1. The fraction of sp³-hybridized carbons (Fsp3) is 0.160. The van der Waals surface area contributed by atoms with E-state index < -0.39 is 23.4 Å². The van der Waals surface area contributed by atoms with Gasteiger partial charge in [-0.25, -0.2) is 10.2 Å². The van der Waals surface area contributed by atoms with E-state index in [1.54, 1.807) is 49.4 Å². The minimum absolute atomic E-state index is 0.0199. The molecule has 0 aliphatic carbocycles. The van der Waals surface area contributed by atoms with Gasteiger partial charge in [0.15, 0.2) is 23.9 Å². The molecule has 0 atom stereocenters. The van der Waals surface area contributed by atoms with Gasteiger partial charge in [0.2, 0.25) is 0 Å². The van der Waals surface area contributed by atoms with Crippen molar-refractivity contribution in [2.75, 3.05) is 20.8 Å². The summed E-state index contributed by atoms with van der Waals surface area (Å²) in [6.07, 6.45) is 1.35. The number of ether oxygens (including phenoxy) is 4. The fourth-order valence-corrected chi connectivity index (χ4v) is 3.00. The Bertz CT molecular complexity index is 1310. The van der Waals surface area contributed by atoms with Crippen molar-refractivity contribution in [3.8, 4) is 23.0 Å². The van der Waals surface area contributed by atoms with E-state index in [0.29, 0.717) is 22.4 Å². The van der Waals surface area contributed by atoms with Gasteiger partial charge in [-0.3, -0.25) is 14.9 Å². The van der Waals surface area contributed by atoms with Gasteiger partial charge >= 0.3 is 11.7 Å². The van der Waals surface area contributed by atoms with Crippen molar-refractivity contribution < 1.29 is 33.5 Å². The Morgan fingerprint density at radius 2 is 1.78 bits per heavy atom. The van der Waals surface area contributed by atoms with E-state index in [2.05, 4.69) is 10.5 Å². The molecule has 36 heavy (non-hydrogen) atoms. The number of carbonyl (C=O) groups excluding carboxylic acids is 2. The molecule has 0 aliphatic rings. The summed E-state index contributed by atoms with van der Waals surface area (Å²) in [7, 11) is 2.92. The average molecular weight is 493 g/mol. The summed E-state index contributed by atoms with van der Waals surface area (Å²) in [5, 5.41) is 15.0. The van der Waals surface area contributed by atoms with Crippen LogP contribution in [0.1, 0.15) is 21.5 Å². The molecule has 0 radical (unpaired) electrons. The van der Waals surface area contributed by atoms with Gasteiger partial charge in [-0.05, 0) is 60.5 Å². The molecule has 0 aromatic heterocycles. The lowest BCUT2D eigenvalue weighted by molar-refractivity contribution is -0.385. The van der Waals surface area contributed by atoms with Crippen LogP contribution in [0.3, 0.4) is 0 Å². The van der Waals surface area contributed by atoms with E-state index in [-0.39, 0.29) is 22.9 Å². The summed E-state index contributed by atoms with van der Waals surface area (Å²) in [5.74, 6) is -0.233. The first-order chi connectivity index (χ1) is 17.3. The average Bonchev–Trinajstić information content (AvgIpc) is 2.88. The predicted octanol–water partition coefficient (Wildman–Crippen LogP) is 3.67. The third-order valence-electron chi connectivity index (χ3n) is 4.77. The maximum absolute atomic E-state index is 12.5. The highest BCUT2D eigenvalue weighted by molar-refractivity contribution is 5.92. The number of carbonyl (C=O) groups is 2. The monoisotopic (exact) mass is 493 g/mol. The van der Waals surface area contributed by atoms with Crippen molar-refractivity contribution in [2.24, 2.45) is 5.10 Å². The van der Waals surface area contributed by atoms with Crippen molar-refractivity contribution in [3.63, 3.8) is 0 Å². The molecule has 11 nitrogen and oxygen atoms in total. The van der Waals surface area contributed by atoms with Gasteiger partial charge < -0.3 is 18.9 Å². The van der Waals surface area contributed by atoms with Gasteiger partial charge in [-0.15, -0.1) is 0 Å². The first-order valence-electron chi connectivity index (χ1n) is 10.5. The number of methoxy groups -OCH3 is 2. The lowest BCUT2D eigenvalue weighted by atomic mass is 10.2. The van der Waals surface area contributed by atoms with Crippen molar-refractivity contribution in [1.29, 1.82) is 0 Å². The third-order valence-corrected chi connectivity index (χ3v) is 4.77. The number of hydrogen-bond donors (Lipinski definition) is 1. The zero-order valence-electron chi connectivity index (χ0n) is 19.7. The second-order valence-electron chi connectivity index (χ2n) is 7.34. The zero-order valence-corrected chi connectivity index (χ0v) is 19.7. The van der Waals surface area contributed by atoms with Gasteiger partial charge in [0.1, 0.15) is 5.75 Å². The number of aryl methyl sites for hydroxylation is 1. The summed E-state index contributed by atoms with van der Waals surface area (Å²) in [5.41, 5.74) is 3.59. The molecule has 0 saturated heterocycles. The molecule has 0 unspecified atom stereocenters. The molecular weight excluding hydrogens is 470 g/mol. The Balaban J connectivity index is 1.59. The van der Waals surface area contributed by atoms with E-state index in [1.807, 2.05) is 0 Å². The number of nitrogens with one attached hydrogen (secondary N) is 1. The minimum atomic E-state index is -0.614. The zero-order chi connectivity index (χ0) is 26.1. The van der Waals surface area contributed by atoms with Crippen LogP contribution in [0.25, 0.3) is 0 Å². The van der Waals surface area contributed by atoms with Crippen molar-refractivity contribution in [2.45, 2.75) is 6.92 Å². The molecule has 1 amide bonds. The second-order valence-corrected chi connectivity index (χ2v) is 7.34. The Kier molecular flexibility index (Phi) is 8.54. The maximum atomic E-state index is 12.5. The van der Waals surface area contributed by atoms with Crippen molar-refractivity contribution in [3.05, 3.63) is 87.5 Å². The summed E-state index contributed by atoms with van der Waals surface area (Å²) in [6.45, 7) is 1.24. The third kappa shape index (κ3) is 6.79. The van der Waals surface area contributed by atoms with Crippen LogP contribution in [0.4, 0.5) is 5.69 Å². The Morgan fingerprint density at radius 3 is 2.50 bits per heavy atom. The lowest BCUT2D eigenvalue weighted by Gasteiger charge is -2.10. The normalized spacial score (nSPS) is 10.5. The molecule has 0 heterocycles. The highest BCUT2D eigenvalue weighted by atomic mass is 16.6. The topological polar surface area (TPSA) is 139 Å². The number of nitro groups is 1. The van der Waals surface area contributed by atoms with Crippen LogP contribution in [0, 0.1) is 17.0 Å². The number of nitrogens with zero attached hydrogens (tertiary/aromatic N) is 2. The van der Waals surface area contributed by atoms with Gasteiger partial charge in [-0.1, -0.05) is 12.1 Å². The molecule has 0 saturated carbocycles.